The number of carboxylic acid groups (broad SMARTS) is 1. The summed E-state index contributed by atoms with van der Waals surface area (Å²) in [5, 5.41) is 9.58. The molecule has 6 nitrogen and oxygen atoms in total. The van der Waals surface area contributed by atoms with Gasteiger partial charge in [0.1, 0.15) is 4.75 Å². The van der Waals surface area contributed by atoms with Crippen molar-refractivity contribution in [2.24, 2.45) is 11.8 Å². The number of sulfone groups is 1. The number of aryl methyl sites for hydroxylation is 1. The molecular formula is C28H27ClF5NO5S. The van der Waals surface area contributed by atoms with Gasteiger partial charge < -0.3 is 10.0 Å². The molecule has 41 heavy (non-hydrogen) atoms. The number of aliphatic carboxylic acids is 1. The van der Waals surface area contributed by atoms with Crippen molar-refractivity contribution < 1.29 is 45.1 Å². The van der Waals surface area contributed by atoms with E-state index < -0.39 is 56.1 Å². The lowest BCUT2D eigenvalue weighted by Gasteiger charge is -2.43. The maximum absolute atomic E-state index is 14.4. The number of carbonyl (C=O) groups excluding carboxylic acids is 1. The molecule has 3 aliphatic rings. The van der Waals surface area contributed by atoms with E-state index in [1.807, 2.05) is 0 Å². The monoisotopic (exact) mass is 619 g/mol. The number of rotatable bonds is 5. The average molecular weight is 620 g/mol. The predicted molar refractivity (Wildman–Crippen MR) is 138 cm³/mol. The first-order valence-electron chi connectivity index (χ1n) is 13.2. The molecule has 222 valence electrons. The first-order valence-corrected chi connectivity index (χ1v) is 15.1. The Morgan fingerprint density at radius 2 is 1.54 bits per heavy atom. The summed E-state index contributed by atoms with van der Waals surface area (Å²) in [5.74, 6) is -7.39. The van der Waals surface area contributed by atoms with Gasteiger partial charge in [0.2, 0.25) is 5.91 Å². The number of carbonyl (C=O) groups is 2. The Morgan fingerprint density at radius 3 is 2.12 bits per heavy atom. The van der Waals surface area contributed by atoms with Crippen molar-refractivity contribution in [2.75, 3.05) is 6.54 Å². The van der Waals surface area contributed by atoms with Crippen LogP contribution in [0.25, 0.3) is 0 Å². The van der Waals surface area contributed by atoms with Crippen molar-refractivity contribution in [3.8, 4) is 0 Å². The Kier molecular flexibility index (Phi) is 7.41. The molecule has 1 N–H and O–H groups in total. The van der Waals surface area contributed by atoms with E-state index in [1.54, 1.807) is 0 Å². The zero-order valence-corrected chi connectivity index (χ0v) is 23.2. The van der Waals surface area contributed by atoms with E-state index in [2.05, 4.69) is 0 Å². The number of nitrogens with zero attached hydrogens (tertiary/aromatic N) is 1. The van der Waals surface area contributed by atoms with Crippen LogP contribution in [0.5, 0.6) is 0 Å². The van der Waals surface area contributed by atoms with Crippen molar-refractivity contribution in [1.29, 1.82) is 0 Å². The first kappa shape index (κ1) is 29.8. The molecule has 0 radical (unpaired) electrons. The number of halogens is 6. The van der Waals surface area contributed by atoms with E-state index in [0.717, 1.165) is 12.1 Å². The van der Waals surface area contributed by atoms with Crippen LogP contribution in [0.2, 0.25) is 5.02 Å². The average Bonchev–Trinajstić information content (AvgIpc) is 3.34. The quantitative estimate of drug-likeness (QED) is 0.409. The zero-order chi connectivity index (χ0) is 30.0. The van der Waals surface area contributed by atoms with Gasteiger partial charge in [-0.3, -0.25) is 9.59 Å². The molecule has 2 atom stereocenters. The fraction of sp³-hybridized carbons (Fsp3) is 0.500. The molecule has 5 rings (SSSR count). The Labute approximate surface area is 238 Å². The molecular weight excluding hydrogens is 593 g/mol. The number of benzene rings is 2. The van der Waals surface area contributed by atoms with Gasteiger partial charge in [-0.25, -0.2) is 8.42 Å². The summed E-state index contributed by atoms with van der Waals surface area (Å²) in [6.07, 6.45) is -4.57. The van der Waals surface area contributed by atoms with Gasteiger partial charge in [0.25, 0.3) is 0 Å². The molecule has 2 unspecified atom stereocenters. The summed E-state index contributed by atoms with van der Waals surface area (Å²) in [7, 11) is -4.32. The molecule has 13 heteroatoms. The summed E-state index contributed by atoms with van der Waals surface area (Å²) in [6.45, 7) is 0.0368. The molecule has 2 aromatic rings. The molecule has 2 aromatic carbocycles. The number of amides is 1. The topological polar surface area (TPSA) is 91.8 Å². The van der Waals surface area contributed by atoms with E-state index in [1.165, 1.54) is 29.2 Å². The Bertz CT molecular complexity index is 1470. The first-order chi connectivity index (χ1) is 19.1. The highest BCUT2D eigenvalue weighted by Gasteiger charge is 2.62. The minimum absolute atomic E-state index is 0.00476. The summed E-state index contributed by atoms with van der Waals surface area (Å²) >= 11 is 5.97. The lowest BCUT2D eigenvalue weighted by Crippen LogP contribution is -2.53. The predicted octanol–water partition coefficient (Wildman–Crippen LogP) is 6.10. The fourth-order valence-electron chi connectivity index (χ4n) is 6.80. The van der Waals surface area contributed by atoms with Crippen molar-refractivity contribution in [3.63, 3.8) is 0 Å². The van der Waals surface area contributed by atoms with Crippen LogP contribution in [-0.2, 0) is 36.5 Å². The molecule has 1 saturated heterocycles. The van der Waals surface area contributed by atoms with E-state index in [-0.39, 0.29) is 52.8 Å². The summed E-state index contributed by atoms with van der Waals surface area (Å²) in [6, 6.07) is 6.88. The van der Waals surface area contributed by atoms with E-state index in [9.17, 15) is 45.1 Å². The second-order valence-corrected chi connectivity index (χ2v) is 13.7. The van der Waals surface area contributed by atoms with Gasteiger partial charge in [0.05, 0.1) is 16.9 Å². The molecule has 1 aliphatic heterocycles. The summed E-state index contributed by atoms with van der Waals surface area (Å²) in [4.78, 5) is 26.5. The van der Waals surface area contributed by atoms with Crippen molar-refractivity contribution in [1.82, 2.24) is 4.90 Å². The van der Waals surface area contributed by atoms with Gasteiger partial charge in [0.15, 0.2) is 9.84 Å². The summed E-state index contributed by atoms with van der Waals surface area (Å²) < 4.78 is 94.9. The van der Waals surface area contributed by atoms with Crippen molar-refractivity contribution in [3.05, 3.63) is 64.2 Å². The normalized spacial score (nSPS) is 26.8. The van der Waals surface area contributed by atoms with Crippen LogP contribution in [0.3, 0.4) is 0 Å². The van der Waals surface area contributed by atoms with Gasteiger partial charge in [-0.2, -0.15) is 22.0 Å². The number of carboxylic acids is 1. The van der Waals surface area contributed by atoms with Crippen LogP contribution in [0, 0.1) is 11.8 Å². The largest absolute Gasteiger partial charge is 0.481 e. The molecule has 0 aromatic heterocycles. The van der Waals surface area contributed by atoms with E-state index in [0.29, 0.717) is 31.7 Å². The number of hydrogen-bond acceptors (Lipinski definition) is 4. The third-order valence-corrected chi connectivity index (χ3v) is 11.7. The number of alkyl halides is 5. The van der Waals surface area contributed by atoms with Gasteiger partial charge in [-0.15, -0.1) is 0 Å². The molecule has 2 fully saturated rings. The van der Waals surface area contributed by atoms with Crippen LogP contribution in [-0.4, -0.2) is 49.1 Å². The number of fused-ring (bicyclic) bond motifs is 3. The maximum Gasteiger partial charge on any atom is 0.458 e. The molecule has 1 heterocycles. The van der Waals surface area contributed by atoms with Crippen LogP contribution in [0.4, 0.5) is 22.0 Å². The Morgan fingerprint density at radius 1 is 0.927 bits per heavy atom. The van der Waals surface area contributed by atoms with Crippen molar-refractivity contribution in [2.45, 2.75) is 72.7 Å². The standard InChI is InChI=1S/C28H27ClF5NO5S/c29-20-7-9-21(10-8-20)41(39,40)26-13-14-35(24(36)16-1-3-17(4-2-16)25(37)38)23(26)12-5-18-15-19(6-11-22(18)26)27(30,31)28(32,33)34/h6-11,15-17,23H,1-5,12-14H2,(H,37,38). The third-order valence-electron chi connectivity index (χ3n) is 8.92. The molecule has 1 saturated carbocycles. The van der Waals surface area contributed by atoms with Crippen LogP contribution >= 0.6 is 11.6 Å². The van der Waals surface area contributed by atoms with E-state index in [4.69, 9.17) is 11.6 Å². The second-order valence-electron chi connectivity index (χ2n) is 11.0. The number of likely N-dealkylation sites (tertiary alicyclic amines) is 1. The van der Waals surface area contributed by atoms with Crippen LogP contribution < -0.4 is 0 Å². The lowest BCUT2D eigenvalue weighted by atomic mass is 9.77. The smallest absolute Gasteiger partial charge is 0.458 e. The highest BCUT2D eigenvalue weighted by atomic mass is 35.5. The van der Waals surface area contributed by atoms with Gasteiger partial charge >= 0.3 is 18.1 Å². The number of hydrogen-bond donors (Lipinski definition) is 1. The highest BCUT2D eigenvalue weighted by molar-refractivity contribution is 7.92. The minimum atomic E-state index is -5.83. The maximum atomic E-state index is 14.4. The molecule has 1 amide bonds. The molecule has 0 spiro atoms. The van der Waals surface area contributed by atoms with Gasteiger partial charge in [0, 0.05) is 23.0 Å². The van der Waals surface area contributed by atoms with Crippen molar-refractivity contribution >= 4 is 33.3 Å². The second kappa shape index (κ2) is 10.2. The van der Waals surface area contributed by atoms with E-state index >= 15 is 0 Å². The summed E-state index contributed by atoms with van der Waals surface area (Å²) in [5.41, 5.74) is -1.10. The molecule has 2 aliphatic carbocycles. The highest BCUT2D eigenvalue weighted by Crippen LogP contribution is 2.54. The van der Waals surface area contributed by atoms with Crippen LogP contribution in [0.1, 0.15) is 55.2 Å². The lowest BCUT2D eigenvalue weighted by molar-refractivity contribution is -0.289. The zero-order valence-electron chi connectivity index (χ0n) is 21.6. The third kappa shape index (κ3) is 4.70. The SMILES string of the molecule is O=C(O)C1CCC(C(=O)N2CCC3(S(=O)(=O)c4ccc(Cl)cc4)c4ccc(C(F)(F)C(F)(F)F)cc4CCC23)CC1. The van der Waals surface area contributed by atoms with Gasteiger partial charge in [-0.05, 0) is 86.4 Å². The van der Waals surface area contributed by atoms with Crippen LogP contribution in [0.15, 0.2) is 47.4 Å². The fourth-order valence-corrected chi connectivity index (χ4v) is 9.29. The Balaban J connectivity index is 1.59. The Hall–Kier alpha value is -2.73. The van der Waals surface area contributed by atoms with Gasteiger partial charge in [-0.1, -0.05) is 23.7 Å². The molecule has 0 bridgehead atoms. The minimum Gasteiger partial charge on any atom is -0.481 e.